The Morgan fingerprint density at radius 3 is 2.92 bits per heavy atom. The van der Waals surface area contributed by atoms with Crippen molar-refractivity contribution in [3.05, 3.63) is 42.1 Å². The molecule has 1 aliphatic rings. The normalized spacial score (nSPS) is 18.4. The highest BCUT2D eigenvalue weighted by Gasteiger charge is 2.21. The summed E-state index contributed by atoms with van der Waals surface area (Å²) in [4.78, 5) is 15.6. The van der Waals surface area contributed by atoms with Crippen LogP contribution < -0.4 is 5.32 Å². The van der Waals surface area contributed by atoms with Gasteiger partial charge < -0.3 is 10.2 Å². The third kappa shape index (κ3) is 4.34. The number of nitrogens with zero attached hydrogens (tertiary/aromatic N) is 5. The highest BCUT2D eigenvalue weighted by molar-refractivity contribution is 8.00. The van der Waals surface area contributed by atoms with Gasteiger partial charge in [0.2, 0.25) is 0 Å². The van der Waals surface area contributed by atoms with Crippen molar-refractivity contribution in [3.8, 4) is 5.82 Å². The van der Waals surface area contributed by atoms with Crippen LogP contribution in [0, 0.1) is 6.92 Å². The first-order valence-electron chi connectivity index (χ1n) is 8.73. The molecule has 2 aromatic rings. The Kier molecular flexibility index (Phi) is 5.96. The summed E-state index contributed by atoms with van der Waals surface area (Å²) in [5.74, 6) is 3.97. The van der Waals surface area contributed by atoms with Crippen molar-refractivity contribution in [2.75, 3.05) is 25.9 Å². The fourth-order valence-corrected chi connectivity index (χ4v) is 4.14. The third-order valence-corrected chi connectivity index (χ3v) is 5.81. The maximum atomic E-state index is 4.55. The second kappa shape index (κ2) is 8.38. The van der Waals surface area contributed by atoms with Gasteiger partial charge in [-0.15, -0.1) is 0 Å². The Hall–Kier alpha value is -2.02. The molecule has 0 saturated carbocycles. The van der Waals surface area contributed by atoms with Crippen molar-refractivity contribution in [1.29, 1.82) is 0 Å². The number of thioether (sulfide) groups is 1. The van der Waals surface area contributed by atoms with Crippen molar-refractivity contribution in [2.24, 2.45) is 4.99 Å². The molecule has 25 heavy (non-hydrogen) atoms. The highest BCUT2D eigenvalue weighted by Crippen LogP contribution is 2.21. The summed E-state index contributed by atoms with van der Waals surface area (Å²) in [6.07, 6.45) is 6.83. The van der Waals surface area contributed by atoms with E-state index < -0.39 is 0 Å². The molecule has 0 aromatic carbocycles. The molecule has 3 rings (SSSR count). The summed E-state index contributed by atoms with van der Waals surface area (Å²) in [7, 11) is 1.86. The van der Waals surface area contributed by atoms with Crippen molar-refractivity contribution >= 4 is 17.7 Å². The molecule has 0 spiro atoms. The highest BCUT2D eigenvalue weighted by atomic mass is 32.2. The van der Waals surface area contributed by atoms with E-state index in [2.05, 4.69) is 49.9 Å². The summed E-state index contributed by atoms with van der Waals surface area (Å²) in [6, 6.07) is 4.13. The molecular formula is C18H26N6S. The van der Waals surface area contributed by atoms with Gasteiger partial charge in [0.15, 0.2) is 5.96 Å². The van der Waals surface area contributed by atoms with Crippen LogP contribution in [-0.2, 0) is 6.54 Å². The first kappa shape index (κ1) is 17.8. The molecule has 7 heteroatoms. The molecule has 6 nitrogen and oxygen atoms in total. The van der Waals surface area contributed by atoms with Crippen LogP contribution in [0.2, 0.25) is 0 Å². The molecule has 1 aliphatic heterocycles. The van der Waals surface area contributed by atoms with Gasteiger partial charge in [0, 0.05) is 56.3 Å². The van der Waals surface area contributed by atoms with Gasteiger partial charge in [0.1, 0.15) is 11.6 Å². The number of guanidine groups is 1. The lowest BCUT2D eigenvalue weighted by Gasteiger charge is -2.34. The maximum absolute atomic E-state index is 4.55. The summed E-state index contributed by atoms with van der Waals surface area (Å²) < 4.78 is 1.98. The topological polar surface area (TPSA) is 58.3 Å². The Morgan fingerprint density at radius 1 is 1.40 bits per heavy atom. The van der Waals surface area contributed by atoms with Crippen LogP contribution in [0.15, 0.2) is 35.7 Å². The van der Waals surface area contributed by atoms with Gasteiger partial charge in [-0.25, -0.2) is 9.97 Å². The summed E-state index contributed by atoms with van der Waals surface area (Å²) in [6.45, 7) is 7.08. The lowest BCUT2D eigenvalue weighted by atomic mass is 10.2. The zero-order valence-corrected chi connectivity index (χ0v) is 16.0. The van der Waals surface area contributed by atoms with E-state index in [0.717, 1.165) is 42.8 Å². The van der Waals surface area contributed by atoms with Gasteiger partial charge in [0.05, 0.1) is 0 Å². The molecule has 0 aliphatic carbocycles. The van der Waals surface area contributed by atoms with Crippen LogP contribution in [0.5, 0.6) is 0 Å². The lowest BCUT2D eigenvalue weighted by Crippen LogP contribution is -2.47. The monoisotopic (exact) mass is 358 g/mol. The molecule has 3 heterocycles. The largest absolute Gasteiger partial charge is 0.352 e. The minimum atomic E-state index is 0.701. The number of rotatable bonds is 4. The van der Waals surface area contributed by atoms with E-state index in [-0.39, 0.29) is 0 Å². The van der Waals surface area contributed by atoms with Crippen LogP contribution >= 0.6 is 11.8 Å². The molecule has 0 amide bonds. The summed E-state index contributed by atoms with van der Waals surface area (Å²) >= 11 is 2.07. The predicted octanol–water partition coefficient (Wildman–Crippen LogP) is 2.48. The predicted molar refractivity (Wildman–Crippen MR) is 104 cm³/mol. The number of aromatic nitrogens is 3. The second-order valence-electron chi connectivity index (χ2n) is 6.12. The van der Waals surface area contributed by atoms with Crippen molar-refractivity contribution in [1.82, 2.24) is 24.8 Å². The van der Waals surface area contributed by atoms with Gasteiger partial charge >= 0.3 is 0 Å². The van der Waals surface area contributed by atoms with Crippen LogP contribution in [0.4, 0.5) is 0 Å². The van der Waals surface area contributed by atoms with E-state index in [4.69, 9.17) is 0 Å². The van der Waals surface area contributed by atoms with Gasteiger partial charge in [-0.05, 0) is 25.0 Å². The smallest absolute Gasteiger partial charge is 0.193 e. The average molecular weight is 359 g/mol. The van der Waals surface area contributed by atoms with Gasteiger partial charge in [0.25, 0.3) is 0 Å². The van der Waals surface area contributed by atoms with E-state index in [1.165, 1.54) is 12.2 Å². The van der Waals surface area contributed by atoms with E-state index in [0.29, 0.717) is 5.25 Å². The quantitative estimate of drug-likeness (QED) is 0.672. The molecule has 1 saturated heterocycles. The van der Waals surface area contributed by atoms with Crippen LogP contribution in [0.3, 0.4) is 0 Å². The van der Waals surface area contributed by atoms with Crippen LogP contribution in [-0.4, -0.2) is 56.5 Å². The number of hydrogen-bond acceptors (Lipinski definition) is 4. The number of nitrogens with one attached hydrogen (secondary N) is 1. The summed E-state index contributed by atoms with van der Waals surface area (Å²) in [5, 5.41) is 4.17. The van der Waals surface area contributed by atoms with Crippen molar-refractivity contribution in [2.45, 2.75) is 32.1 Å². The molecule has 1 N–H and O–H groups in total. The Bertz CT molecular complexity index is 709. The minimum absolute atomic E-state index is 0.701. The minimum Gasteiger partial charge on any atom is -0.352 e. The standard InChI is InChI=1S/C18H26N6S/c1-4-16-13-23(9-10-25-16)18(19-3)22-12-15-5-6-17(21-11-15)24-8-7-20-14(24)2/h5-8,11,16H,4,9-10,12-13H2,1-3H3,(H,19,22). The fourth-order valence-electron chi connectivity index (χ4n) is 2.96. The molecule has 134 valence electrons. The van der Waals surface area contributed by atoms with E-state index in [1.807, 2.05) is 37.0 Å². The van der Waals surface area contributed by atoms with Crippen molar-refractivity contribution < 1.29 is 0 Å². The number of aliphatic imine (C=N–C) groups is 1. The van der Waals surface area contributed by atoms with Crippen molar-refractivity contribution in [3.63, 3.8) is 0 Å². The second-order valence-corrected chi connectivity index (χ2v) is 7.53. The van der Waals surface area contributed by atoms with Crippen LogP contribution in [0.1, 0.15) is 24.7 Å². The van der Waals surface area contributed by atoms with E-state index >= 15 is 0 Å². The summed E-state index contributed by atoms with van der Waals surface area (Å²) in [5.41, 5.74) is 1.14. The first-order valence-corrected chi connectivity index (χ1v) is 9.78. The molecule has 1 unspecified atom stereocenters. The Morgan fingerprint density at radius 2 is 2.28 bits per heavy atom. The molecule has 0 bridgehead atoms. The zero-order chi connectivity index (χ0) is 17.6. The lowest BCUT2D eigenvalue weighted by molar-refractivity contribution is 0.408. The zero-order valence-electron chi connectivity index (χ0n) is 15.1. The van der Waals surface area contributed by atoms with E-state index in [1.54, 1.807) is 6.20 Å². The van der Waals surface area contributed by atoms with E-state index in [9.17, 15) is 0 Å². The molecule has 0 radical (unpaired) electrons. The first-order chi connectivity index (χ1) is 12.2. The number of aryl methyl sites for hydroxylation is 1. The molecule has 1 atom stereocenters. The van der Waals surface area contributed by atoms with Gasteiger partial charge in [-0.2, -0.15) is 11.8 Å². The molecule has 1 fully saturated rings. The SMILES string of the molecule is CCC1CN(C(=NC)NCc2ccc(-n3ccnc3C)nc2)CCS1. The van der Waals surface area contributed by atoms with Gasteiger partial charge in [-0.3, -0.25) is 9.56 Å². The maximum Gasteiger partial charge on any atom is 0.193 e. The number of hydrogen-bond donors (Lipinski definition) is 1. The third-order valence-electron chi connectivity index (χ3n) is 4.44. The Balaban J connectivity index is 1.59. The Labute approximate surface area is 153 Å². The molecule has 2 aromatic heterocycles. The molecular weight excluding hydrogens is 332 g/mol. The fraction of sp³-hybridized carbons (Fsp3) is 0.500. The number of imidazole rings is 1. The van der Waals surface area contributed by atoms with Gasteiger partial charge in [-0.1, -0.05) is 13.0 Å². The number of pyridine rings is 1. The van der Waals surface area contributed by atoms with Crippen LogP contribution in [0.25, 0.3) is 5.82 Å². The average Bonchev–Trinajstić information content (AvgIpc) is 3.09.